The molecular formula is C21H24N4O5. The molecule has 0 N–H and O–H groups in total. The first kappa shape index (κ1) is 21.1. The van der Waals surface area contributed by atoms with Gasteiger partial charge in [0.15, 0.2) is 17.8 Å². The van der Waals surface area contributed by atoms with Crippen molar-refractivity contribution < 1.29 is 14.3 Å². The van der Waals surface area contributed by atoms with Crippen LogP contribution in [0.1, 0.15) is 25.2 Å². The first-order chi connectivity index (χ1) is 14.4. The Morgan fingerprint density at radius 2 is 1.73 bits per heavy atom. The van der Waals surface area contributed by atoms with Crippen molar-refractivity contribution in [2.75, 3.05) is 13.7 Å². The minimum Gasteiger partial charge on any atom is -0.482 e. The van der Waals surface area contributed by atoms with Gasteiger partial charge in [-0.05, 0) is 37.6 Å². The number of ether oxygens (including phenoxy) is 2. The van der Waals surface area contributed by atoms with Gasteiger partial charge in [-0.15, -0.1) is 0 Å². The molecule has 0 bridgehead atoms. The highest BCUT2D eigenvalue weighted by atomic mass is 16.6. The summed E-state index contributed by atoms with van der Waals surface area (Å²) in [6.45, 7) is 4.18. The topological polar surface area (TPSA) is 97.3 Å². The fourth-order valence-electron chi connectivity index (χ4n) is 3.14. The van der Waals surface area contributed by atoms with Crippen molar-refractivity contribution in [1.82, 2.24) is 18.7 Å². The van der Waals surface area contributed by atoms with Crippen LogP contribution in [0.2, 0.25) is 0 Å². The minimum absolute atomic E-state index is 0.153. The SMILES string of the molecule is CCn1c(=O)c2c(nc(/C=C/c3ccc(OCC(=O)OC)cc3)n2C)n(CC)c1=O. The smallest absolute Gasteiger partial charge is 0.343 e. The highest BCUT2D eigenvalue weighted by Gasteiger charge is 2.17. The van der Waals surface area contributed by atoms with Crippen molar-refractivity contribution >= 4 is 29.3 Å². The van der Waals surface area contributed by atoms with E-state index in [0.29, 0.717) is 35.8 Å². The number of hydrogen-bond acceptors (Lipinski definition) is 6. The van der Waals surface area contributed by atoms with Crippen molar-refractivity contribution in [2.45, 2.75) is 26.9 Å². The molecule has 0 saturated heterocycles. The van der Waals surface area contributed by atoms with Crippen LogP contribution in [0.5, 0.6) is 5.75 Å². The van der Waals surface area contributed by atoms with Crippen LogP contribution in [0.3, 0.4) is 0 Å². The summed E-state index contributed by atoms with van der Waals surface area (Å²) in [7, 11) is 3.06. The molecule has 0 saturated carbocycles. The van der Waals surface area contributed by atoms with E-state index in [4.69, 9.17) is 4.74 Å². The molecule has 0 spiro atoms. The Kier molecular flexibility index (Phi) is 6.20. The number of rotatable bonds is 7. The fraction of sp³-hybridized carbons (Fsp3) is 0.333. The number of carbonyl (C=O) groups is 1. The summed E-state index contributed by atoms with van der Waals surface area (Å²) in [5.41, 5.74) is 0.958. The zero-order chi connectivity index (χ0) is 21.8. The standard InChI is InChI=1S/C21H24N4O5/c1-5-24-19-18(20(27)25(6-2)21(24)28)23(3)16(22-19)12-9-14-7-10-15(11-8-14)30-13-17(26)29-4/h7-12H,5-6,13H2,1-4H3/b12-9+. The quantitative estimate of drug-likeness (QED) is 0.548. The second kappa shape index (κ2) is 8.81. The van der Waals surface area contributed by atoms with E-state index in [1.807, 2.05) is 25.1 Å². The Labute approximate surface area is 172 Å². The number of nitrogens with zero attached hydrogens (tertiary/aromatic N) is 4. The summed E-state index contributed by atoms with van der Waals surface area (Å²) >= 11 is 0. The van der Waals surface area contributed by atoms with Crippen LogP contribution in [0.25, 0.3) is 23.3 Å². The zero-order valence-corrected chi connectivity index (χ0v) is 17.4. The summed E-state index contributed by atoms with van der Waals surface area (Å²) in [6, 6.07) is 7.15. The van der Waals surface area contributed by atoms with E-state index < -0.39 is 5.97 Å². The van der Waals surface area contributed by atoms with Crippen LogP contribution in [-0.2, 0) is 29.7 Å². The second-order valence-electron chi connectivity index (χ2n) is 6.54. The molecule has 0 amide bonds. The summed E-state index contributed by atoms with van der Waals surface area (Å²) in [4.78, 5) is 40.9. The lowest BCUT2D eigenvalue weighted by molar-refractivity contribution is -0.142. The summed E-state index contributed by atoms with van der Waals surface area (Å²) in [6.07, 6.45) is 3.63. The minimum atomic E-state index is -0.450. The van der Waals surface area contributed by atoms with Crippen molar-refractivity contribution in [3.8, 4) is 5.75 Å². The Balaban J connectivity index is 1.93. The number of carbonyl (C=O) groups excluding carboxylic acids is 1. The number of hydrogen-bond donors (Lipinski definition) is 0. The molecule has 0 unspecified atom stereocenters. The van der Waals surface area contributed by atoms with E-state index in [1.165, 1.54) is 16.2 Å². The van der Waals surface area contributed by atoms with Crippen LogP contribution in [-0.4, -0.2) is 38.4 Å². The first-order valence-electron chi connectivity index (χ1n) is 9.59. The van der Waals surface area contributed by atoms with Gasteiger partial charge in [0.2, 0.25) is 0 Å². The van der Waals surface area contributed by atoms with Gasteiger partial charge < -0.3 is 14.0 Å². The molecule has 0 fully saturated rings. The van der Waals surface area contributed by atoms with E-state index in [1.54, 1.807) is 36.7 Å². The molecule has 1 aromatic carbocycles. The number of benzene rings is 1. The van der Waals surface area contributed by atoms with Crippen molar-refractivity contribution in [3.63, 3.8) is 0 Å². The average Bonchev–Trinajstić information content (AvgIpc) is 3.08. The van der Waals surface area contributed by atoms with Gasteiger partial charge >= 0.3 is 11.7 Å². The molecule has 0 radical (unpaired) electrons. The van der Waals surface area contributed by atoms with Crippen LogP contribution in [0.4, 0.5) is 0 Å². The third-order valence-corrected chi connectivity index (χ3v) is 4.80. The third kappa shape index (κ3) is 3.91. The van der Waals surface area contributed by atoms with E-state index in [2.05, 4.69) is 9.72 Å². The predicted octanol–water partition coefficient (Wildman–Crippen LogP) is 1.66. The summed E-state index contributed by atoms with van der Waals surface area (Å²) in [5.74, 6) is 0.657. The molecule has 0 aliphatic heterocycles. The zero-order valence-electron chi connectivity index (χ0n) is 17.4. The molecule has 9 heteroatoms. The summed E-state index contributed by atoms with van der Waals surface area (Å²) < 4.78 is 14.3. The van der Waals surface area contributed by atoms with Crippen LogP contribution in [0, 0.1) is 0 Å². The number of imidazole rings is 1. The molecule has 0 aliphatic carbocycles. The van der Waals surface area contributed by atoms with E-state index in [0.717, 1.165) is 5.56 Å². The molecule has 2 heterocycles. The monoisotopic (exact) mass is 412 g/mol. The van der Waals surface area contributed by atoms with E-state index in [-0.39, 0.29) is 17.9 Å². The van der Waals surface area contributed by atoms with Crippen molar-refractivity contribution in [1.29, 1.82) is 0 Å². The normalized spacial score (nSPS) is 11.3. The van der Waals surface area contributed by atoms with Gasteiger partial charge in [0.05, 0.1) is 7.11 Å². The van der Waals surface area contributed by atoms with Gasteiger partial charge in [0, 0.05) is 20.1 Å². The molecule has 30 heavy (non-hydrogen) atoms. The van der Waals surface area contributed by atoms with Crippen molar-refractivity contribution in [2.24, 2.45) is 7.05 Å². The van der Waals surface area contributed by atoms with E-state index >= 15 is 0 Å². The molecule has 9 nitrogen and oxygen atoms in total. The lowest BCUT2D eigenvalue weighted by Crippen LogP contribution is -2.39. The van der Waals surface area contributed by atoms with Crippen LogP contribution >= 0.6 is 0 Å². The van der Waals surface area contributed by atoms with Gasteiger partial charge in [-0.2, -0.15) is 0 Å². The lowest BCUT2D eigenvalue weighted by Gasteiger charge is -2.08. The maximum absolute atomic E-state index is 12.7. The Hall–Kier alpha value is -3.62. The number of aromatic nitrogens is 4. The van der Waals surface area contributed by atoms with Gasteiger partial charge in [-0.3, -0.25) is 13.9 Å². The predicted molar refractivity (Wildman–Crippen MR) is 113 cm³/mol. The maximum Gasteiger partial charge on any atom is 0.343 e. The Bertz CT molecular complexity index is 1220. The van der Waals surface area contributed by atoms with Gasteiger partial charge in [0.1, 0.15) is 11.6 Å². The number of esters is 1. The maximum atomic E-state index is 12.7. The largest absolute Gasteiger partial charge is 0.482 e. The fourth-order valence-corrected chi connectivity index (χ4v) is 3.14. The third-order valence-electron chi connectivity index (χ3n) is 4.80. The highest BCUT2D eigenvalue weighted by Crippen LogP contribution is 2.16. The number of methoxy groups -OCH3 is 1. The Morgan fingerprint density at radius 3 is 2.33 bits per heavy atom. The molecule has 2 aromatic heterocycles. The molecule has 0 aliphatic rings. The number of aryl methyl sites for hydroxylation is 2. The first-order valence-corrected chi connectivity index (χ1v) is 9.59. The average molecular weight is 412 g/mol. The lowest BCUT2D eigenvalue weighted by atomic mass is 10.2. The van der Waals surface area contributed by atoms with Crippen LogP contribution in [0.15, 0.2) is 33.9 Å². The number of fused-ring (bicyclic) bond motifs is 1. The van der Waals surface area contributed by atoms with Crippen LogP contribution < -0.4 is 16.0 Å². The van der Waals surface area contributed by atoms with Gasteiger partial charge in [-0.1, -0.05) is 18.2 Å². The summed E-state index contributed by atoms with van der Waals surface area (Å²) in [5, 5.41) is 0. The molecule has 158 valence electrons. The molecular weight excluding hydrogens is 388 g/mol. The molecule has 3 rings (SSSR count). The molecule has 3 aromatic rings. The van der Waals surface area contributed by atoms with Gasteiger partial charge in [-0.25, -0.2) is 14.6 Å². The Morgan fingerprint density at radius 1 is 1.07 bits per heavy atom. The highest BCUT2D eigenvalue weighted by molar-refractivity contribution is 5.76. The van der Waals surface area contributed by atoms with Crippen molar-refractivity contribution in [3.05, 3.63) is 56.5 Å². The van der Waals surface area contributed by atoms with Gasteiger partial charge in [0.25, 0.3) is 5.56 Å². The molecule has 0 atom stereocenters. The second-order valence-corrected chi connectivity index (χ2v) is 6.54. The van der Waals surface area contributed by atoms with E-state index in [9.17, 15) is 14.4 Å².